The molecule has 5 rings (SSSR count). The largest absolute Gasteiger partial charge is 0.493 e. The maximum atomic E-state index is 13.1. The fraction of sp³-hybridized carbons (Fsp3) is 0.154. The van der Waals surface area contributed by atoms with Crippen LogP contribution in [0.25, 0.3) is 6.08 Å². The molecule has 0 bridgehead atoms. The van der Waals surface area contributed by atoms with Gasteiger partial charge in [-0.1, -0.05) is 41.9 Å². The van der Waals surface area contributed by atoms with Crippen LogP contribution >= 0.6 is 46.0 Å². The molecule has 10 heteroatoms. The second-order valence-electron chi connectivity index (χ2n) is 7.87. The van der Waals surface area contributed by atoms with E-state index in [1.165, 1.54) is 4.90 Å². The quantitative estimate of drug-likeness (QED) is 0.217. The molecule has 7 nitrogen and oxygen atoms in total. The van der Waals surface area contributed by atoms with Gasteiger partial charge in [0.05, 0.1) is 22.1 Å². The van der Waals surface area contributed by atoms with E-state index in [0.717, 1.165) is 26.5 Å². The first kappa shape index (κ1) is 24.8. The lowest BCUT2D eigenvalue weighted by atomic mass is 10.1. The molecule has 0 radical (unpaired) electrons. The van der Waals surface area contributed by atoms with Crippen LogP contribution in [0.5, 0.6) is 23.0 Å². The lowest BCUT2D eigenvalue weighted by molar-refractivity contribution is -0.123. The molecule has 184 valence electrons. The Morgan fingerprint density at radius 2 is 1.86 bits per heavy atom. The van der Waals surface area contributed by atoms with Gasteiger partial charge in [0.15, 0.2) is 23.0 Å². The van der Waals surface area contributed by atoms with Crippen molar-refractivity contribution >= 4 is 63.2 Å². The van der Waals surface area contributed by atoms with E-state index >= 15 is 0 Å². The number of benzene rings is 3. The van der Waals surface area contributed by atoms with Gasteiger partial charge in [0.25, 0.3) is 11.1 Å². The Hall–Kier alpha value is -2.89. The summed E-state index contributed by atoms with van der Waals surface area (Å²) in [4.78, 5) is 27.3. The van der Waals surface area contributed by atoms with Crippen LogP contribution in [-0.2, 0) is 17.9 Å². The number of carbonyl (C=O) groups is 2. The van der Waals surface area contributed by atoms with Gasteiger partial charge in [-0.25, -0.2) is 0 Å². The van der Waals surface area contributed by atoms with Crippen molar-refractivity contribution in [3.8, 4) is 23.0 Å². The van der Waals surface area contributed by atoms with Crippen LogP contribution in [-0.4, -0.2) is 29.9 Å². The highest BCUT2D eigenvalue weighted by Gasteiger charge is 2.36. The van der Waals surface area contributed by atoms with Gasteiger partial charge in [0.1, 0.15) is 6.61 Å². The zero-order valence-electron chi connectivity index (χ0n) is 19.0. The number of amides is 2. The van der Waals surface area contributed by atoms with Gasteiger partial charge in [-0.2, -0.15) is 0 Å². The third-order valence-corrected chi connectivity index (χ3v) is 7.58. The van der Waals surface area contributed by atoms with Crippen LogP contribution < -0.4 is 18.9 Å². The summed E-state index contributed by atoms with van der Waals surface area (Å²) in [6.07, 6.45) is 1.68. The number of fused-ring (bicyclic) bond motifs is 1. The maximum Gasteiger partial charge on any atom is 0.293 e. The molecule has 0 spiro atoms. The smallest absolute Gasteiger partial charge is 0.293 e. The Labute approximate surface area is 230 Å². The minimum atomic E-state index is -0.392. The monoisotopic (exact) mass is 635 g/mol. The number of hydrogen-bond donors (Lipinski definition) is 0. The molecule has 2 aliphatic rings. The minimum Gasteiger partial charge on any atom is -0.493 e. The first-order chi connectivity index (χ1) is 17.4. The Morgan fingerprint density at radius 1 is 1.11 bits per heavy atom. The predicted octanol–water partition coefficient (Wildman–Crippen LogP) is 6.50. The van der Waals surface area contributed by atoms with E-state index < -0.39 is 5.91 Å². The number of thioether (sulfide) groups is 1. The summed E-state index contributed by atoms with van der Waals surface area (Å²) >= 11 is 9.40. The predicted molar refractivity (Wildman–Crippen MR) is 146 cm³/mol. The number of hydrogen-bond acceptors (Lipinski definition) is 7. The zero-order valence-corrected chi connectivity index (χ0v) is 22.7. The molecule has 3 aromatic carbocycles. The number of nitrogens with zero attached hydrogens (tertiary/aromatic N) is 1. The van der Waals surface area contributed by atoms with Crippen molar-refractivity contribution in [2.24, 2.45) is 0 Å². The van der Waals surface area contributed by atoms with E-state index in [1.807, 2.05) is 36.4 Å². The number of imide groups is 1. The van der Waals surface area contributed by atoms with Crippen molar-refractivity contribution in [1.82, 2.24) is 4.90 Å². The highest BCUT2D eigenvalue weighted by Crippen LogP contribution is 2.40. The van der Waals surface area contributed by atoms with Crippen LogP contribution in [0.2, 0.25) is 5.02 Å². The Bertz CT molecular complexity index is 1380. The molecule has 0 N–H and O–H groups in total. The normalized spacial score (nSPS) is 15.6. The molecule has 0 aromatic heterocycles. The van der Waals surface area contributed by atoms with Crippen molar-refractivity contribution < 1.29 is 28.5 Å². The van der Waals surface area contributed by atoms with Crippen LogP contribution in [0, 0.1) is 3.57 Å². The topological polar surface area (TPSA) is 74.3 Å². The summed E-state index contributed by atoms with van der Waals surface area (Å²) in [6.45, 7) is 0.538. The van der Waals surface area contributed by atoms with Gasteiger partial charge >= 0.3 is 0 Å². The number of ether oxygens (including phenoxy) is 4. The van der Waals surface area contributed by atoms with Gasteiger partial charge < -0.3 is 18.9 Å². The standard InChI is InChI=1S/C26H19ClINO6S/c1-32-22-8-16(7-19(28)24(22)33-13-15-5-3-2-4-6-15)9-23-25(30)29(26(31)36-23)12-17-10-20-21(11-18(17)27)35-14-34-20/h2-11H,12-14H2,1H3/b23-9+. The van der Waals surface area contributed by atoms with Crippen LogP contribution in [0.1, 0.15) is 16.7 Å². The van der Waals surface area contributed by atoms with E-state index in [4.69, 9.17) is 30.5 Å². The molecule has 2 amide bonds. The SMILES string of the molecule is COc1cc(/C=C2/SC(=O)N(Cc3cc4c(cc3Cl)OCO4)C2=O)cc(I)c1OCc1ccccc1. The van der Waals surface area contributed by atoms with Crippen molar-refractivity contribution in [2.45, 2.75) is 13.2 Å². The van der Waals surface area contributed by atoms with E-state index in [2.05, 4.69) is 22.6 Å². The first-order valence-corrected chi connectivity index (χ1v) is 13.1. The molecule has 0 aliphatic carbocycles. The summed E-state index contributed by atoms with van der Waals surface area (Å²) in [5.74, 6) is 1.84. The van der Waals surface area contributed by atoms with Crippen molar-refractivity contribution in [3.63, 3.8) is 0 Å². The third-order valence-electron chi connectivity index (χ3n) is 5.52. The van der Waals surface area contributed by atoms with Gasteiger partial charge in [-0.05, 0) is 75.3 Å². The Morgan fingerprint density at radius 3 is 2.61 bits per heavy atom. The highest BCUT2D eigenvalue weighted by atomic mass is 127. The van der Waals surface area contributed by atoms with E-state index in [1.54, 1.807) is 31.4 Å². The van der Waals surface area contributed by atoms with Crippen LogP contribution in [0.4, 0.5) is 4.79 Å². The number of halogens is 2. The maximum absolute atomic E-state index is 13.1. The fourth-order valence-electron chi connectivity index (χ4n) is 3.73. The van der Waals surface area contributed by atoms with Gasteiger partial charge in [-0.15, -0.1) is 0 Å². The molecule has 1 saturated heterocycles. The Kier molecular flexibility index (Phi) is 7.31. The van der Waals surface area contributed by atoms with Gasteiger partial charge in [0.2, 0.25) is 6.79 Å². The second kappa shape index (κ2) is 10.6. The van der Waals surface area contributed by atoms with Crippen molar-refractivity contribution in [2.75, 3.05) is 13.9 Å². The molecule has 0 atom stereocenters. The minimum absolute atomic E-state index is 0.0323. The summed E-state index contributed by atoms with van der Waals surface area (Å²) in [6, 6.07) is 16.8. The van der Waals surface area contributed by atoms with Crippen LogP contribution in [0.3, 0.4) is 0 Å². The molecule has 36 heavy (non-hydrogen) atoms. The summed E-state index contributed by atoms with van der Waals surface area (Å²) < 4.78 is 23.1. The van der Waals surface area contributed by atoms with Crippen molar-refractivity contribution in [3.05, 3.63) is 84.8 Å². The molecular weight excluding hydrogens is 617 g/mol. The van der Waals surface area contributed by atoms with Crippen LogP contribution in [0.15, 0.2) is 59.5 Å². The number of methoxy groups -OCH3 is 1. The first-order valence-electron chi connectivity index (χ1n) is 10.8. The van der Waals surface area contributed by atoms with E-state index in [-0.39, 0.29) is 18.6 Å². The highest BCUT2D eigenvalue weighted by molar-refractivity contribution is 14.1. The van der Waals surface area contributed by atoms with Gasteiger partial charge in [-0.3, -0.25) is 14.5 Å². The lowest BCUT2D eigenvalue weighted by Crippen LogP contribution is -2.27. The van der Waals surface area contributed by atoms with Crippen molar-refractivity contribution in [1.29, 1.82) is 0 Å². The second-order valence-corrected chi connectivity index (χ2v) is 10.4. The lowest BCUT2D eigenvalue weighted by Gasteiger charge is -2.14. The summed E-state index contributed by atoms with van der Waals surface area (Å²) in [5, 5.41) is 0.0251. The molecule has 3 aromatic rings. The molecular formula is C26H19ClINO6S. The molecule has 2 heterocycles. The zero-order chi connectivity index (χ0) is 25.2. The summed E-state index contributed by atoms with van der Waals surface area (Å²) in [7, 11) is 1.56. The number of rotatable bonds is 7. The molecule has 1 fully saturated rings. The Balaban J connectivity index is 1.35. The average molecular weight is 636 g/mol. The van der Waals surface area contributed by atoms with E-state index in [0.29, 0.717) is 45.1 Å². The average Bonchev–Trinajstić information content (AvgIpc) is 3.42. The molecule has 0 unspecified atom stereocenters. The molecule has 2 aliphatic heterocycles. The van der Waals surface area contributed by atoms with Gasteiger partial charge in [0, 0.05) is 11.1 Å². The molecule has 0 saturated carbocycles. The van der Waals surface area contributed by atoms with E-state index in [9.17, 15) is 9.59 Å². The third kappa shape index (κ3) is 5.14. The number of carbonyl (C=O) groups excluding carboxylic acids is 2. The summed E-state index contributed by atoms with van der Waals surface area (Å²) in [5.41, 5.74) is 2.35. The fourth-order valence-corrected chi connectivity index (χ4v) is 5.56.